The second kappa shape index (κ2) is 6.42. The molecular formula is C15H22N2O2S2. The first kappa shape index (κ1) is 16.4. The fourth-order valence-electron chi connectivity index (χ4n) is 2.76. The first-order chi connectivity index (χ1) is 9.79. The standard InChI is InChI=1S/C15H22N2O2S2/c1-10-6-7-13(8-11(10)2)17-21(18,19)14-5-3-4-12(9-14)15(16)20/h3-5,9-11,13,17H,6-8H2,1-2H3,(H2,16,20). The van der Waals surface area contributed by atoms with Crippen LogP contribution in [0.2, 0.25) is 0 Å². The van der Waals surface area contributed by atoms with E-state index in [1.54, 1.807) is 18.2 Å². The van der Waals surface area contributed by atoms with E-state index >= 15 is 0 Å². The summed E-state index contributed by atoms with van der Waals surface area (Å²) in [7, 11) is -3.52. The molecule has 1 aliphatic rings. The summed E-state index contributed by atoms with van der Waals surface area (Å²) in [6.45, 7) is 4.40. The van der Waals surface area contributed by atoms with Crippen LogP contribution in [0.1, 0.15) is 38.7 Å². The highest BCUT2D eigenvalue weighted by molar-refractivity contribution is 7.89. The van der Waals surface area contributed by atoms with Gasteiger partial charge in [0.1, 0.15) is 4.99 Å². The van der Waals surface area contributed by atoms with Crippen molar-refractivity contribution in [3.05, 3.63) is 29.8 Å². The van der Waals surface area contributed by atoms with Crippen LogP contribution < -0.4 is 10.5 Å². The summed E-state index contributed by atoms with van der Waals surface area (Å²) in [5.74, 6) is 1.19. The van der Waals surface area contributed by atoms with Crippen LogP contribution >= 0.6 is 12.2 Å². The Hall–Kier alpha value is -0.980. The van der Waals surface area contributed by atoms with Gasteiger partial charge in [0.15, 0.2) is 0 Å². The zero-order valence-electron chi connectivity index (χ0n) is 12.4. The van der Waals surface area contributed by atoms with Crippen molar-refractivity contribution in [3.8, 4) is 0 Å². The zero-order chi connectivity index (χ0) is 15.6. The Labute approximate surface area is 132 Å². The summed E-state index contributed by atoms with van der Waals surface area (Å²) in [6, 6.07) is 6.48. The molecule has 0 spiro atoms. The highest BCUT2D eigenvalue weighted by atomic mass is 32.2. The first-order valence-corrected chi connectivity index (χ1v) is 9.11. The quantitative estimate of drug-likeness (QED) is 0.834. The minimum absolute atomic E-state index is 0.00897. The average Bonchev–Trinajstić information content (AvgIpc) is 2.43. The zero-order valence-corrected chi connectivity index (χ0v) is 14.0. The molecule has 0 aromatic heterocycles. The third-order valence-corrected chi connectivity index (χ3v) is 6.10. The number of hydrogen-bond acceptors (Lipinski definition) is 3. The fourth-order valence-corrected chi connectivity index (χ4v) is 4.21. The van der Waals surface area contributed by atoms with E-state index in [0.717, 1.165) is 19.3 Å². The van der Waals surface area contributed by atoms with E-state index in [0.29, 0.717) is 17.4 Å². The first-order valence-electron chi connectivity index (χ1n) is 7.22. The topological polar surface area (TPSA) is 72.2 Å². The molecule has 3 N–H and O–H groups in total. The molecular weight excluding hydrogens is 304 g/mol. The lowest BCUT2D eigenvalue weighted by atomic mass is 9.79. The predicted molar refractivity (Wildman–Crippen MR) is 88.6 cm³/mol. The number of thiocarbonyl (C=S) groups is 1. The highest BCUT2D eigenvalue weighted by Gasteiger charge is 2.28. The second-order valence-electron chi connectivity index (χ2n) is 5.98. The molecule has 0 aliphatic heterocycles. The number of nitrogens with one attached hydrogen (secondary N) is 1. The lowest BCUT2D eigenvalue weighted by Crippen LogP contribution is -2.39. The average molecular weight is 326 g/mol. The van der Waals surface area contributed by atoms with Gasteiger partial charge >= 0.3 is 0 Å². The molecule has 1 saturated carbocycles. The molecule has 0 bridgehead atoms. The highest BCUT2D eigenvalue weighted by Crippen LogP contribution is 2.30. The van der Waals surface area contributed by atoms with Gasteiger partial charge < -0.3 is 5.73 Å². The summed E-state index contributed by atoms with van der Waals surface area (Å²) in [4.78, 5) is 0.422. The van der Waals surface area contributed by atoms with E-state index in [-0.39, 0.29) is 15.9 Å². The predicted octanol–water partition coefficient (Wildman–Crippen LogP) is 2.42. The summed E-state index contributed by atoms with van der Waals surface area (Å²) in [5, 5.41) is 0. The molecule has 1 aliphatic carbocycles. The molecule has 1 fully saturated rings. The molecule has 0 saturated heterocycles. The minimum atomic E-state index is -3.52. The third kappa shape index (κ3) is 4.02. The SMILES string of the molecule is CC1CCC(NS(=O)(=O)c2cccc(C(N)=S)c2)CC1C. The number of sulfonamides is 1. The molecule has 3 atom stereocenters. The number of nitrogens with two attached hydrogens (primary N) is 1. The van der Waals surface area contributed by atoms with Crippen molar-refractivity contribution in [1.82, 2.24) is 4.72 Å². The molecule has 21 heavy (non-hydrogen) atoms. The monoisotopic (exact) mass is 326 g/mol. The van der Waals surface area contributed by atoms with E-state index in [9.17, 15) is 8.42 Å². The van der Waals surface area contributed by atoms with Crippen LogP contribution in [0.5, 0.6) is 0 Å². The van der Waals surface area contributed by atoms with Gasteiger partial charge in [-0.25, -0.2) is 13.1 Å². The summed E-state index contributed by atoms with van der Waals surface area (Å²) < 4.78 is 27.8. The van der Waals surface area contributed by atoms with Gasteiger partial charge in [-0.15, -0.1) is 0 Å². The van der Waals surface area contributed by atoms with Crippen molar-refractivity contribution in [2.75, 3.05) is 0 Å². The molecule has 0 radical (unpaired) electrons. The molecule has 2 rings (SSSR count). The number of hydrogen-bond donors (Lipinski definition) is 2. The van der Waals surface area contributed by atoms with Gasteiger partial charge in [-0.1, -0.05) is 38.2 Å². The molecule has 1 aromatic carbocycles. The Bertz CT molecular complexity index is 628. The van der Waals surface area contributed by atoms with Gasteiger partial charge in [0.05, 0.1) is 4.90 Å². The van der Waals surface area contributed by atoms with Gasteiger partial charge in [0.25, 0.3) is 0 Å². The largest absolute Gasteiger partial charge is 0.389 e. The van der Waals surface area contributed by atoms with E-state index < -0.39 is 10.0 Å². The van der Waals surface area contributed by atoms with Crippen LogP contribution in [-0.4, -0.2) is 19.4 Å². The van der Waals surface area contributed by atoms with Crippen molar-refractivity contribution in [1.29, 1.82) is 0 Å². The molecule has 0 amide bonds. The lowest BCUT2D eigenvalue weighted by Gasteiger charge is -2.32. The molecule has 6 heteroatoms. The van der Waals surface area contributed by atoms with E-state index in [2.05, 4.69) is 18.6 Å². The van der Waals surface area contributed by atoms with Gasteiger partial charge in [0, 0.05) is 11.6 Å². The van der Waals surface area contributed by atoms with Gasteiger partial charge in [-0.05, 0) is 43.2 Å². The Morgan fingerprint density at radius 2 is 2.00 bits per heavy atom. The van der Waals surface area contributed by atoms with E-state index in [1.807, 2.05) is 0 Å². The van der Waals surface area contributed by atoms with Crippen LogP contribution in [-0.2, 0) is 10.0 Å². The van der Waals surface area contributed by atoms with Crippen LogP contribution in [0.4, 0.5) is 0 Å². The van der Waals surface area contributed by atoms with Crippen LogP contribution in [0, 0.1) is 11.8 Å². The van der Waals surface area contributed by atoms with E-state index in [4.69, 9.17) is 18.0 Å². The van der Waals surface area contributed by atoms with Crippen molar-refractivity contribution in [2.24, 2.45) is 17.6 Å². The van der Waals surface area contributed by atoms with Crippen LogP contribution in [0.15, 0.2) is 29.2 Å². The number of rotatable bonds is 4. The molecule has 0 heterocycles. The Morgan fingerprint density at radius 1 is 1.29 bits per heavy atom. The lowest BCUT2D eigenvalue weighted by molar-refractivity contribution is 0.242. The summed E-state index contributed by atoms with van der Waals surface area (Å²) >= 11 is 4.90. The fraction of sp³-hybridized carbons (Fsp3) is 0.533. The molecule has 4 nitrogen and oxygen atoms in total. The summed E-state index contributed by atoms with van der Waals surface area (Å²) in [5.41, 5.74) is 6.13. The van der Waals surface area contributed by atoms with Crippen molar-refractivity contribution < 1.29 is 8.42 Å². The second-order valence-corrected chi connectivity index (χ2v) is 8.13. The van der Waals surface area contributed by atoms with Crippen molar-refractivity contribution in [3.63, 3.8) is 0 Å². The Morgan fingerprint density at radius 3 is 2.62 bits per heavy atom. The van der Waals surface area contributed by atoms with Crippen molar-refractivity contribution in [2.45, 2.75) is 44.0 Å². The van der Waals surface area contributed by atoms with Crippen LogP contribution in [0.25, 0.3) is 0 Å². The van der Waals surface area contributed by atoms with Gasteiger partial charge in [-0.2, -0.15) is 0 Å². The Kier molecular flexibility index (Phi) is 5.01. The smallest absolute Gasteiger partial charge is 0.240 e. The normalized spacial score (nSPS) is 26.5. The van der Waals surface area contributed by atoms with E-state index in [1.165, 1.54) is 6.07 Å². The maximum Gasteiger partial charge on any atom is 0.240 e. The Balaban J connectivity index is 2.15. The van der Waals surface area contributed by atoms with Crippen LogP contribution in [0.3, 0.4) is 0 Å². The number of benzene rings is 1. The maximum atomic E-state index is 12.5. The van der Waals surface area contributed by atoms with Gasteiger partial charge in [0.2, 0.25) is 10.0 Å². The molecule has 3 unspecified atom stereocenters. The minimum Gasteiger partial charge on any atom is -0.389 e. The summed E-state index contributed by atoms with van der Waals surface area (Å²) in [6.07, 6.45) is 2.83. The van der Waals surface area contributed by atoms with Crippen molar-refractivity contribution >= 4 is 27.2 Å². The van der Waals surface area contributed by atoms with Gasteiger partial charge in [-0.3, -0.25) is 0 Å². The molecule has 116 valence electrons. The maximum absolute atomic E-state index is 12.5. The third-order valence-electron chi connectivity index (χ3n) is 4.35. The molecule has 1 aromatic rings.